The molecule has 0 bridgehead atoms. The lowest BCUT2D eigenvalue weighted by Crippen LogP contribution is -2.35. The molecule has 0 aliphatic rings. The molecular formula is C14H21NO2. The first-order valence-electron chi connectivity index (χ1n) is 6.05. The molecule has 0 heterocycles. The number of amides is 1. The first kappa shape index (κ1) is 13.7. The third-order valence-electron chi connectivity index (χ3n) is 3.03. The summed E-state index contributed by atoms with van der Waals surface area (Å²) in [5, 5.41) is 10.1. The Bertz CT molecular complexity index is 397. The maximum atomic E-state index is 12.0. The van der Waals surface area contributed by atoms with Crippen LogP contribution in [0.15, 0.2) is 18.2 Å². The summed E-state index contributed by atoms with van der Waals surface area (Å²) in [5.41, 5.74) is 2.79. The van der Waals surface area contributed by atoms with Crippen molar-refractivity contribution in [3.8, 4) is 0 Å². The maximum Gasteiger partial charge on any atom is 0.256 e. The summed E-state index contributed by atoms with van der Waals surface area (Å²) in [7, 11) is 0. The van der Waals surface area contributed by atoms with Crippen LogP contribution in [0.2, 0.25) is 0 Å². The van der Waals surface area contributed by atoms with Crippen molar-refractivity contribution >= 4 is 5.91 Å². The smallest absolute Gasteiger partial charge is 0.256 e. The summed E-state index contributed by atoms with van der Waals surface area (Å²) in [4.78, 5) is 13.7. The van der Waals surface area contributed by atoms with Gasteiger partial charge in [-0.1, -0.05) is 23.8 Å². The SMILES string of the molecule is CCN(CC)C(=O)C(O)c1ccc(C)cc1C. The Morgan fingerprint density at radius 2 is 1.88 bits per heavy atom. The molecule has 0 aliphatic heterocycles. The molecule has 0 spiro atoms. The van der Waals surface area contributed by atoms with Crippen LogP contribution in [-0.2, 0) is 4.79 Å². The topological polar surface area (TPSA) is 40.5 Å². The van der Waals surface area contributed by atoms with Gasteiger partial charge in [-0.2, -0.15) is 0 Å². The summed E-state index contributed by atoms with van der Waals surface area (Å²) in [5.74, 6) is -0.220. The van der Waals surface area contributed by atoms with E-state index in [1.165, 1.54) is 0 Å². The molecule has 3 heteroatoms. The van der Waals surface area contributed by atoms with E-state index >= 15 is 0 Å². The van der Waals surface area contributed by atoms with Gasteiger partial charge in [-0.3, -0.25) is 4.79 Å². The zero-order valence-corrected chi connectivity index (χ0v) is 11.0. The van der Waals surface area contributed by atoms with Gasteiger partial charge in [0.05, 0.1) is 0 Å². The molecule has 1 aromatic rings. The summed E-state index contributed by atoms with van der Waals surface area (Å²) >= 11 is 0. The van der Waals surface area contributed by atoms with Crippen LogP contribution in [-0.4, -0.2) is 29.0 Å². The quantitative estimate of drug-likeness (QED) is 0.869. The molecular weight excluding hydrogens is 214 g/mol. The van der Waals surface area contributed by atoms with Crippen LogP contribution < -0.4 is 0 Å². The van der Waals surface area contributed by atoms with Gasteiger partial charge in [-0.05, 0) is 38.8 Å². The van der Waals surface area contributed by atoms with Gasteiger partial charge in [-0.15, -0.1) is 0 Å². The number of carbonyl (C=O) groups excluding carboxylic acids is 1. The van der Waals surface area contributed by atoms with Gasteiger partial charge < -0.3 is 10.0 Å². The normalized spacial score (nSPS) is 12.3. The van der Waals surface area contributed by atoms with Crippen molar-refractivity contribution in [2.24, 2.45) is 0 Å². The van der Waals surface area contributed by atoms with Crippen molar-refractivity contribution < 1.29 is 9.90 Å². The fourth-order valence-corrected chi connectivity index (χ4v) is 1.97. The van der Waals surface area contributed by atoms with E-state index in [2.05, 4.69) is 0 Å². The predicted octanol–water partition coefficient (Wildman–Crippen LogP) is 2.21. The average molecular weight is 235 g/mol. The molecule has 0 fully saturated rings. The minimum absolute atomic E-state index is 0.220. The Balaban J connectivity index is 2.95. The van der Waals surface area contributed by atoms with E-state index in [1.807, 2.05) is 45.9 Å². The van der Waals surface area contributed by atoms with E-state index in [9.17, 15) is 9.90 Å². The number of aliphatic hydroxyl groups is 1. The average Bonchev–Trinajstić information content (AvgIpc) is 2.29. The lowest BCUT2D eigenvalue weighted by molar-refractivity contribution is -0.140. The molecule has 94 valence electrons. The zero-order chi connectivity index (χ0) is 13.0. The van der Waals surface area contributed by atoms with Crippen LogP contribution >= 0.6 is 0 Å². The van der Waals surface area contributed by atoms with E-state index in [0.717, 1.165) is 11.1 Å². The number of aliphatic hydroxyl groups excluding tert-OH is 1. The van der Waals surface area contributed by atoms with E-state index in [-0.39, 0.29) is 5.91 Å². The van der Waals surface area contributed by atoms with E-state index < -0.39 is 6.10 Å². The van der Waals surface area contributed by atoms with Gasteiger partial charge in [0.1, 0.15) is 0 Å². The molecule has 0 aliphatic carbocycles. The highest BCUT2D eigenvalue weighted by atomic mass is 16.3. The lowest BCUT2D eigenvalue weighted by Gasteiger charge is -2.23. The monoisotopic (exact) mass is 235 g/mol. The number of carbonyl (C=O) groups is 1. The summed E-state index contributed by atoms with van der Waals surface area (Å²) in [6.45, 7) is 8.98. The lowest BCUT2D eigenvalue weighted by atomic mass is 10.0. The third kappa shape index (κ3) is 3.07. The van der Waals surface area contributed by atoms with Gasteiger partial charge in [0, 0.05) is 13.1 Å². The second kappa shape index (κ2) is 5.82. The van der Waals surface area contributed by atoms with Crippen LogP contribution in [0.4, 0.5) is 0 Å². The number of hydrogen-bond acceptors (Lipinski definition) is 2. The molecule has 3 nitrogen and oxygen atoms in total. The van der Waals surface area contributed by atoms with Crippen LogP contribution in [0.25, 0.3) is 0 Å². The fourth-order valence-electron chi connectivity index (χ4n) is 1.97. The molecule has 0 saturated carbocycles. The predicted molar refractivity (Wildman–Crippen MR) is 68.8 cm³/mol. The van der Waals surface area contributed by atoms with Gasteiger partial charge in [0.15, 0.2) is 6.10 Å². The van der Waals surface area contributed by atoms with Gasteiger partial charge in [0.25, 0.3) is 5.91 Å². The second-order valence-corrected chi connectivity index (χ2v) is 4.27. The van der Waals surface area contributed by atoms with Crippen LogP contribution in [0.1, 0.15) is 36.6 Å². The first-order valence-corrected chi connectivity index (χ1v) is 6.05. The number of nitrogens with zero attached hydrogens (tertiary/aromatic N) is 1. The Kier molecular flexibility index (Phi) is 4.70. The molecule has 17 heavy (non-hydrogen) atoms. The highest BCUT2D eigenvalue weighted by Gasteiger charge is 2.22. The van der Waals surface area contributed by atoms with Crippen molar-refractivity contribution in [3.05, 3.63) is 34.9 Å². The van der Waals surface area contributed by atoms with Crippen LogP contribution in [0, 0.1) is 13.8 Å². The Hall–Kier alpha value is -1.35. The van der Waals surface area contributed by atoms with Crippen molar-refractivity contribution in [1.82, 2.24) is 4.90 Å². The van der Waals surface area contributed by atoms with Gasteiger partial charge in [-0.25, -0.2) is 0 Å². The molecule has 0 aromatic heterocycles. The van der Waals surface area contributed by atoms with E-state index in [1.54, 1.807) is 4.90 Å². The fraction of sp³-hybridized carbons (Fsp3) is 0.500. The molecule has 1 unspecified atom stereocenters. The van der Waals surface area contributed by atoms with Crippen molar-refractivity contribution in [2.75, 3.05) is 13.1 Å². The van der Waals surface area contributed by atoms with Crippen LogP contribution in [0.3, 0.4) is 0 Å². The number of rotatable bonds is 4. The second-order valence-electron chi connectivity index (χ2n) is 4.27. The van der Waals surface area contributed by atoms with E-state index in [0.29, 0.717) is 18.7 Å². The van der Waals surface area contributed by atoms with Gasteiger partial charge >= 0.3 is 0 Å². The molecule has 1 atom stereocenters. The molecule has 1 amide bonds. The molecule has 1 N–H and O–H groups in total. The standard InChI is InChI=1S/C14H21NO2/c1-5-15(6-2)14(17)13(16)12-8-7-10(3)9-11(12)4/h7-9,13,16H,5-6H2,1-4H3. The largest absolute Gasteiger partial charge is 0.378 e. The molecule has 1 aromatic carbocycles. The van der Waals surface area contributed by atoms with Gasteiger partial charge in [0.2, 0.25) is 0 Å². The Morgan fingerprint density at radius 1 is 1.29 bits per heavy atom. The molecule has 0 radical (unpaired) electrons. The first-order chi connectivity index (χ1) is 8.01. The van der Waals surface area contributed by atoms with Crippen molar-refractivity contribution in [1.29, 1.82) is 0 Å². The van der Waals surface area contributed by atoms with Crippen LogP contribution in [0.5, 0.6) is 0 Å². The zero-order valence-electron chi connectivity index (χ0n) is 11.0. The van der Waals surface area contributed by atoms with E-state index in [4.69, 9.17) is 0 Å². The Labute approximate surface area is 103 Å². The van der Waals surface area contributed by atoms with Crippen molar-refractivity contribution in [3.63, 3.8) is 0 Å². The number of hydrogen-bond donors (Lipinski definition) is 1. The summed E-state index contributed by atoms with van der Waals surface area (Å²) in [6.07, 6.45) is -1.05. The van der Waals surface area contributed by atoms with Crippen molar-refractivity contribution in [2.45, 2.75) is 33.8 Å². The number of aryl methyl sites for hydroxylation is 2. The summed E-state index contributed by atoms with van der Waals surface area (Å²) in [6, 6.07) is 5.73. The molecule has 0 saturated heterocycles. The maximum absolute atomic E-state index is 12.0. The minimum atomic E-state index is -1.05. The Morgan fingerprint density at radius 3 is 2.35 bits per heavy atom. The highest BCUT2D eigenvalue weighted by molar-refractivity contribution is 5.82. The molecule has 1 rings (SSSR count). The minimum Gasteiger partial charge on any atom is -0.378 e. The number of likely N-dealkylation sites (N-methyl/N-ethyl adjacent to an activating group) is 1. The number of benzene rings is 1. The third-order valence-corrected chi connectivity index (χ3v) is 3.03. The highest BCUT2D eigenvalue weighted by Crippen LogP contribution is 2.20. The summed E-state index contributed by atoms with van der Waals surface area (Å²) < 4.78 is 0.